The van der Waals surface area contributed by atoms with E-state index in [1.165, 1.54) is 44.5 Å². The van der Waals surface area contributed by atoms with Gasteiger partial charge in [0.15, 0.2) is 0 Å². The number of hydrogen-bond acceptors (Lipinski definition) is 5. The number of carbonyl (C=O) groups excluding carboxylic acids is 1. The van der Waals surface area contributed by atoms with Crippen LogP contribution in [0.2, 0.25) is 5.02 Å². The molecule has 0 aliphatic rings. The predicted molar refractivity (Wildman–Crippen MR) is 110 cm³/mol. The zero-order valence-electron chi connectivity index (χ0n) is 16.3. The van der Waals surface area contributed by atoms with Crippen molar-refractivity contribution in [2.45, 2.75) is 11.8 Å². The van der Waals surface area contributed by atoms with Crippen LogP contribution in [0.1, 0.15) is 16.2 Å². The summed E-state index contributed by atoms with van der Waals surface area (Å²) >= 11 is 6.00. The monoisotopic (exact) mass is 452 g/mol. The van der Waals surface area contributed by atoms with E-state index >= 15 is 0 Å². The maximum absolute atomic E-state index is 14.5. The summed E-state index contributed by atoms with van der Waals surface area (Å²) in [6.07, 6.45) is 3.18. The molecule has 0 saturated carbocycles. The van der Waals surface area contributed by atoms with Crippen LogP contribution < -0.4 is 5.32 Å². The van der Waals surface area contributed by atoms with E-state index in [4.69, 9.17) is 16.4 Å². The number of imidazole rings is 1. The SMILES string of the molecule is CON(C)S(=O)(=O)c1cc(C(=O)Nc2ccc(-n3ccnc3C)c(F)c2)ccc1Cl. The molecule has 11 heteroatoms. The Morgan fingerprint density at radius 1 is 1.27 bits per heavy atom. The van der Waals surface area contributed by atoms with Gasteiger partial charge in [-0.15, -0.1) is 0 Å². The van der Waals surface area contributed by atoms with E-state index in [0.29, 0.717) is 10.3 Å². The van der Waals surface area contributed by atoms with Crippen molar-refractivity contribution in [3.05, 3.63) is 71.0 Å². The van der Waals surface area contributed by atoms with Gasteiger partial charge in [-0.3, -0.25) is 9.63 Å². The second kappa shape index (κ2) is 8.52. The molecule has 1 amide bonds. The van der Waals surface area contributed by atoms with E-state index in [9.17, 15) is 17.6 Å². The molecule has 1 N–H and O–H groups in total. The fraction of sp³-hybridized carbons (Fsp3) is 0.158. The minimum atomic E-state index is -4.06. The quantitative estimate of drug-likeness (QED) is 0.578. The lowest BCUT2D eigenvalue weighted by atomic mass is 10.2. The summed E-state index contributed by atoms with van der Waals surface area (Å²) in [5, 5.41) is 2.47. The highest BCUT2D eigenvalue weighted by Crippen LogP contribution is 2.26. The van der Waals surface area contributed by atoms with E-state index in [0.717, 1.165) is 6.07 Å². The number of halogens is 2. The number of aromatic nitrogens is 2. The topological polar surface area (TPSA) is 93.5 Å². The normalized spacial score (nSPS) is 11.7. The Bertz CT molecular complexity index is 1210. The third-order valence-corrected chi connectivity index (χ3v) is 6.52. The number of benzene rings is 2. The van der Waals surface area contributed by atoms with E-state index in [2.05, 4.69) is 10.3 Å². The van der Waals surface area contributed by atoms with Gasteiger partial charge in [0.25, 0.3) is 15.9 Å². The lowest BCUT2D eigenvalue weighted by molar-refractivity contribution is -0.0258. The third kappa shape index (κ3) is 4.21. The highest BCUT2D eigenvalue weighted by atomic mass is 35.5. The van der Waals surface area contributed by atoms with Crippen molar-refractivity contribution in [2.75, 3.05) is 19.5 Å². The van der Waals surface area contributed by atoms with Crippen LogP contribution in [-0.4, -0.2) is 42.5 Å². The molecule has 3 rings (SSSR count). The van der Waals surface area contributed by atoms with Crippen molar-refractivity contribution in [1.82, 2.24) is 14.0 Å². The summed E-state index contributed by atoms with van der Waals surface area (Å²) < 4.78 is 41.7. The van der Waals surface area contributed by atoms with Crippen LogP contribution in [0.3, 0.4) is 0 Å². The smallest absolute Gasteiger partial charge is 0.266 e. The van der Waals surface area contributed by atoms with Crippen molar-refractivity contribution < 1.29 is 22.4 Å². The van der Waals surface area contributed by atoms with Gasteiger partial charge in [-0.1, -0.05) is 16.1 Å². The zero-order valence-corrected chi connectivity index (χ0v) is 17.8. The maximum Gasteiger partial charge on any atom is 0.266 e. The molecule has 158 valence electrons. The highest BCUT2D eigenvalue weighted by molar-refractivity contribution is 7.89. The van der Waals surface area contributed by atoms with Crippen LogP contribution in [-0.2, 0) is 14.9 Å². The first kappa shape index (κ1) is 21.9. The van der Waals surface area contributed by atoms with Crippen molar-refractivity contribution in [3.63, 3.8) is 0 Å². The predicted octanol–water partition coefficient (Wildman–Crippen LogP) is 3.41. The Hall–Kier alpha value is -2.79. The molecule has 8 nitrogen and oxygen atoms in total. The van der Waals surface area contributed by atoms with Crippen LogP contribution >= 0.6 is 11.6 Å². The number of nitrogens with zero attached hydrogens (tertiary/aromatic N) is 3. The molecule has 2 aromatic carbocycles. The second-order valence-electron chi connectivity index (χ2n) is 6.21. The molecule has 0 unspecified atom stereocenters. The fourth-order valence-electron chi connectivity index (χ4n) is 2.69. The van der Waals surface area contributed by atoms with Crippen LogP contribution in [0.4, 0.5) is 10.1 Å². The molecule has 0 aliphatic carbocycles. The van der Waals surface area contributed by atoms with Crippen molar-refractivity contribution >= 4 is 33.2 Å². The molecule has 0 saturated heterocycles. The number of hydroxylamine groups is 1. The molecule has 3 aromatic rings. The Morgan fingerprint density at radius 2 is 2.00 bits per heavy atom. The molecule has 0 fully saturated rings. The average Bonchev–Trinajstić information content (AvgIpc) is 3.13. The molecule has 30 heavy (non-hydrogen) atoms. The standard InChI is InChI=1S/C19H18ClFN4O4S/c1-12-22-8-9-25(12)17-7-5-14(11-16(17)21)23-19(26)13-4-6-15(20)18(10-13)30(27,28)24(2)29-3/h4-11H,1-3H3,(H,23,26). The number of rotatable bonds is 6. The molecule has 0 atom stereocenters. The van der Waals surface area contributed by atoms with Crippen LogP contribution in [0, 0.1) is 12.7 Å². The van der Waals surface area contributed by atoms with Gasteiger partial charge in [-0.25, -0.2) is 17.8 Å². The second-order valence-corrected chi connectivity index (χ2v) is 8.52. The molecular formula is C19H18ClFN4O4S. The zero-order chi connectivity index (χ0) is 22.1. The van der Waals surface area contributed by atoms with Gasteiger partial charge >= 0.3 is 0 Å². The van der Waals surface area contributed by atoms with E-state index < -0.39 is 21.7 Å². The molecule has 0 aliphatic heterocycles. The highest BCUT2D eigenvalue weighted by Gasteiger charge is 2.25. The molecule has 1 heterocycles. The van der Waals surface area contributed by atoms with Gasteiger partial charge < -0.3 is 9.88 Å². The molecule has 0 bridgehead atoms. The summed E-state index contributed by atoms with van der Waals surface area (Å²) in [4.78, 5) is 21.1. The largest absolute Gasteiger partial charge is 0.322 e. The Kier molecular flexibility index (Phi) is 6.22. The van der Waals surface area contributed by atoms with E-state index in [-0.39, 0.29) is 26.9 Å². The van der Waals surface area contributed by atoms with Gasteiger partial charge in [0.1, 0.15) is 16.5 Å². The van der Waals surface area contributed by atoms with Gasteiger partial charge in [0, 0.05) is 30.7 Å². The van der Waals surface area contributed by atoms with Gasteiger partial charge in [0.05, 0.1) is 17.8 Å². The Morgan fingerprint density at radius 3 is 2.60 bits per heavy atom. The summed E-state index contributed by atoms with van der Waals surface area (Å²) in [5.74, 6) is -0.578. The van der Waals surface area contributed by atoms with Gasteiger partial charge in [-0.05, 0) is 43.3 Å². The summed E-state index contributed by atoms with van der Waals surface area (Å²) in [7, 11) is -1.67. The number of sulfonamides is 1. The number of anilines is 1. The number of hydrogen-bond donors (Lipinski definition) is 1. The summed E-state index contributed by atoms with van der Waals surface area (Å²) in [6, 6.07) is 7.98. The van der Waals surface area contributed by atoms with Gasteiger partial charge in [0.2, 0.25) is 0 Å². The average molecular weight is 453 g/mol. The molecule has 0 radical (unpaired) electrons. The van der Waals surface area contributed by atoms with E-state index in [1.807, 2.05) is 0 Å². The fourth-order valence-corrected chi connectivity index (χ4v) is 4.17. The Labute approximate surface area is 177 Å². The van der Waals surface area contributed by atoms with Crippen LogP contribution in [0.25, 0.3) is 5.69 Å². The number of nitrogens with one attached hydrogen (secondary N) is 1. The lowest BCUT2D eigenvalue weighted by Gasteiger charge is -2.16. The Balaban J connectivity index is 1.87. The first-order chi connectivity index (χ1) is 14.1. The van der Waals surface area contributed by atoms with E-state index in [1.54, 1.807) is 23.9 Å². The summed E-state index contributed by atoms with van der Waals surface area (Å²) in [6.45, 7) is 1.74. The van der Waals surface area contributed by atoms with Gasteiger partial charge in [-0.2, -0.15) is 0 Å². The van der Waals surface area contributed by atoms with Crippen LogP contribution in [0.5, 0.6) is 0 Å². The minimum Gasteiger partial charge on any atom is -0.322 e. The van der Waals surface area contributed by atoms with Crippen molar-refractivity contribution in [3.8, 4) is 5.69 Å². The van der Waals surface area contributed by atoms with Crippen molar-refractivity contribution in [2.24, 2.45) is 0 Å². The van der Waals surface area contributed by atoms with Crippen molar-refractivity contribution in [1.29, 1.82) is 0 Å². The lowest BCUT2D eigenvalue weighted by Crippen LogP contribution is -2.26. The number of amides is 1. The number of aryl methyl sites for hydroxylation is 1. The van der Waals surface area contributed by atoms with Crippen LogP contribution in [0.15, 0.2) is 53.7 Å². The summed E-state index contributed by atoms with van der Waals surface area (Å²) in [5.41, 5.74) is 0.510. The molecular weight excluding hydrogens is 435 g/mol. The maximum atomic E-state index is 14.5. The first-order valence-electron chi connectivity index (χ1n) is 8.59. The first-order valence-corrected chi connectivity index (χ1v) is 10.4. The minimum absolute atomic E-state index is 0.0254. The molecule has 0 spiro atoms. The molecule has 1 aromatic heterocycles. The third-order valence-electron chi connectivity index (χ3n) is 4.36. The number of carbonyl (C=O) groups is 1.